The molecule has 5 nitrogen and oxygen atoms in total. The topological polar surface area (TPSA) is 59.0 Å². The number of halogens is 3. The molecule has 2 aliphatic rings. The van der Waals surface area contributed by atoms with Gasteiger partial charge in [-0.15, -0.1) is 0 Å². The van der Waals surface area contributed by atoms with E-state index in [1.807, 2.05) is 47.4 Å². The summed E-state index contributed by atoms with van der Waals surface area (Å²) in [6, 6.07) is 16.1. The molecule has 0 saturated carbocycles. The monoisotopic (exact) mass is 601 g/mol. The zero-order valence-electron chi connectivity index (χ0n) is 26.1. The quantitative estimate of drug-likeness (QED) is 0.281. The molecule has 0 amide bonds. The molecule has 43 heavy (non-hydrogen) atoms. The fourth-order valence-electron chi connectivity index (χ4n) is 6.66. The van der Waals surface area contributed by atoms with Gasteiger partial charge in [-0.2, -0.15) is 13.2 Å². The standard InChI is InChI=1S/C35H46F3NO4/c1-32(2,35(36,37)38)24-39(22-25-6-8-26(9-7-25)27-10-12-28(13-11-27)31(40)41)20-18-34(19-21-43-33(3,4)23-34)29-14-16-30(42-5)17-15-29/h6-10,14-17,28H,11-13,18-24H2,1-5H3,(H,40,41)/t28?,34-/m1/s1. The average Bonchev–Trinajstić information content (AvgIpc) is 2.95. The van der Waals surface area contributed by atoms with Crippen molar-refractivity contribution in [2.45, 2.75) is 90.0 Å². The molecule has 1 aliphatic heterocycles. The van der Waals surface area contributed by atoms with Crippen LogP contribution in [0.15, 0.2) is 54.6 Å². The van der Waals surface area contributed by atoms with Crippen LogP contribution in [0.5, 0.6) is 5.75 Å². The number of carbonyl (C=O) groups is 1. The SMILES string of the molecule is COc1ccc([C@]2(CCN(Cc3ccc(C4=CCC(C(=O)O)CC4)cc3)CC(C)(C)C(F)(F)F)CCOC(C)(C)C2)cc1. The van der Waals surface area contributed by atoms with Crippen LogP contribution in [-0.4, -0.2) is 54.6 Å². The summed E-state index contributed by atoms with van der Waals surface area (Å²) in [4.78, 5) is 13.3. The second kappa shape index (κ2) is 13.0. The first kappa shape index (κ1) is 33.1. The number of hydrogen-bond acceptors (Lipinski definition) is 4. The Bertz CT molecular complexity index is 1270. The lowest BCUT2D eigenvalue weighted by atomic mass is 9.67. The Labute approximate surface area is 254 Å². The van der Waals surface area contributed by atoms with Crippen LogP contribution in [0.2, 0.25) is 0 Å². The molecule has 1 fully saturated rings. The van der Waals surface area contributed by atoms with Crippen molar-refractivity contribution in [2.75, 3.05) is 26.8 Å². The summed E-state index contributed by atoms with van der Waals surface area (Å²) in [5, 5.41) is 9.29. The molecule has 236 valence electrons. The van der Waals surface area contributed by atoms with E-state index >= 15 is 0 Å². The number of carboxylic acid groups (broad SMARTS) is 1. The van der Waals surface area contributed by atoms with Crippen molar-refractivity contribution in [3.05, 3.63) is 71.3 Å². The van der Waals surface area contributed by atoms with Crippen LogP contribution in [0, 0.1) is 11.3 Å². The Balaban J connectivity index is 1.56. The largest absolute Gasteiger partial charge is 0.497 e. The van der Waals surface area contributed by atoms with Gasteiger partial charge in [-0.25, -0.2) is 0 Å². The lowest BCUT2D eigenvalue weighted by Crippen LogP contribution is -2.47. The van der Waals surface area contributed by atoms with Crippen LogP contribution in [0.3, 0.4) is 0 Å². The van der Waals surface area contributed by atoms with Crippen LogP contribution in [-0.2, 0) is 21.5 Å². The molecule has 4 rings (SSSR count). The molecule has 2 aromatic carbocycles. The zero-order valence-corrected chi connectivity index (χ0v) is 26.1. The Morgan fingerprint density at radius 1 is 1.09 bits per heavy atom. The molecule has 2 aromatic rings. The molecule has 1 heterocycles. The maximum Gasteiger partial charge on any atom is 0.395 e. The summed E-state index contributed by atoms with van der Waals surface area (Å²) in [6.07, 6.45) is 1.78. The minimum Gasteiger partial charge on any atom is -0.497 e. The Morgan fingerprint density at radius 3 is 2.30 bits per heavy atom. The van der Waals surface area contributed by atoms with Crippen molar-refractivity contribution in [2.24, 2.45) is 11.3 Å². The van der Waals surface area contributed by atoms with Crippen LogP contribution in [0.1, 0.15) is 82.9 Å². The van der Waals surface area contributed by atoms with Gasteiger partial charge in [0, 0.05) is 25.1 Å². The molecule has 1 unspecified atom stereocenters. The molecule has 8 heteroatoms. The van der Waals surface area contributed by atoms with E-state index in [0.29, 0.717) is 45.4 Å². The van der Waals surface area contributed by atoms with Gasteiger partial charge in [0.25, 0.3) is 0 Å². The normalized spacial score (nSPS) is 22.7. The maximum atomic E-state index is 14.1. The van der Waals surface area contributed by atoms with Crippen molar-refractivity contribution < 1.29 is 32.5 Å². The van der Waals surface area contributed by atoms with Gasteiger partial charge in [-0.05, 0) is 107 Å². The number of aliphatic carboxylic acids is 1. The van der Waals surface area contributed by atoms with Gasteiger partial charge in [-0.1, -0.05) is 42.5 Å². The zero-order chi connectivity index (χ0) is 31.5. The van der Waals surface area contributed by atoms with Gasteiger partial charge < -0.3 is 14.6 Å². The molecule has 2 atom stereocenters. The molecular formula is C35H46F3NO4. The van der Waals surface area contributed by atoms with E-state index in [4.69, 9.17) is 9.47 Å². The van der Waals surface area contributed by atoms with Crippen LogP contribution in [0.4, 0.5) is 13.2 Å². The molecule has 0 spiro atoms. The van der Waals surface area contributed by atoms with Gasteiger partial charge in [0.05, 0.1) is 24.0 Å². The number of allylic oxidation sites excluding steroid dienone is 2. The van der Waals surface area contributed by atoms with Gasteiger partial charge in [0.15, 0.2) is 0 Å². The van der Waals surface area contributed by atoms with Gasteiger partial charge in [-0.3, -0.25) is 9.69 Å². The highest BCUT2D eigenvalue weighted by molar-refractivity contribution is 5.74. The summed E-state index contributed by atoms with van der Waals surface area (Å²) >= 11 is 0. The number of alkyl halides is 3. The highest BCUT2D eigenvalue weighted by Crippen LogP contribution is 2.45. The minimum atomic E-state index is -4.33. The van der Waals surface area contributed by atoms with Crippen molar-refractivity contribution in [3.63, 3.8) is 0 Å². The first-order chi connectivity index (χ1) is 20.1. The van der Waals surface area contributed by atoms with Crippen molar-refractivity contribution in [1.29, 1.82) is 0 Å². The van der Waals surface area contributed by atoms with Crippen molar-refractivity contribution >= 4 is 11.5 Å². The van der Waals surface area contributed by atoms with E-state index < -0.39 is 17.6 Å². The van der Waals surface area contributed by atoms with Crippen molar-refractivity contribution in [1.82, 2.24) is 4.90 Å². The summed E-state index contributed by atoms with van der Waals surface area (Å²) in [6.45, 7) is 8.11. The van der Waals surface area contributed by atoms with E-state index in [0.717, 1.165) is 40.9 Å². The van der Waals surface area contributed by atoms with Crippen molar-refractivity contribution in [3.8, 4) is 5.75 Å². The molecule has 0 aromatic heterocycles. The number of rotatable bonds is 11. The molecule has 1 aliphatic carbocycles. The maximum absolute atomic E-state index is 14.1. The van der Waals surface area contributed by atoms with Gasteiger partial charge in [0.2, 0.25) is 0 Å². The predicted octanol–water partition coefficient (Wildman–Crippen LogP) is 8.27. The summed E-state index contributed by atoms with van der Waals surface area (Å²) in [5.74, 6) is -0.324. The number of hydrogen-bond donors (Lipinski definition) is 1. The molecule has 0 bridgehead atoms. The summed E-state index contributed by atoms with van der Waals surface area (Å²) < 4.78 is 53.7. The predicted molar refractivity (Wildman–Crippen MR) is 163 cm³/mol. The fraction of sp³-hybridized carbons (Fsp3) is 0.571. The van der Waals surface area contributed by atoms with E-state index in [-0.39, 0.29) is 23.5 Å². The van der Waals surface area contributed by atoms with Gasteiger partial charge in [0.1, 0.15) is 5.75 Å². The third-order valence-electron chi connectivity index (χ3n) is 9.32. The van der Waals surface area contributed by atoms with E-state index in [1.165, 1.54) is 13.8 Å². The highest BCUT2D eigenvalue weighted by Gasteiger charge is 2.48. The number of nitrogens with zero attached hydrogens (tertiary/aromatic N) is 1. The van der Waals surface area contributed by atoms with E-state index in [1.54, 1.807) is 7.11 Å². The molecule has 1 N–H and O–H groups in total. The number of benzene rings is 2. The molecule has 1 saturated heterocycles. The smallest absolute Gasteiger partial charge is 0.395 e. The van der Waals surface area contributed by atoms with E-state index in [2.05, 4.69) is 26.0 Å². The fourth-order valence-corrected chi connectivity index (χ4v) is 6.66. The Hall–Kier alpha value is -2.84. The van der Waals surface area contributed by atoms with Crippen LogP contribution in [0.25, 0.3) is 5.57 Å². The number of ether oxygens (including phenoxy) is 2. The summed E-state index contributed by atoms with van der Waals surface area (Å²) in [5.41, 5.74) is 1.83. The van der Waals surface area contributed by atoms with Crippen LogP contribution >= 0.6 is 0 Å². The lowest BCUT2D eigenvalue weighted by molar-refractivity contribution is -0.217. The second-order valence-corrected chi connectivity index (χ2v) is 13.6. The summed E-state index contributed by atoms with van der Waals surface area (Å²) in [7, 11) is 1.63. The first-order valence-corrected chi connectivity index (χ1v) is 15.2. The molecular weight excluding hydrogens is 555 g/mol. The minimum absolute atomic E-state index is 0.113. The van der Waals surface area contributed by atoms with Gasteiger partial charge >= 0.3 is 12.1 Å². The number of methoxy groups -OCH3 is 1. The lowest BCUT2D eigenvalue weighted by Gasteiger charge is -2.46. The Morgan fingerprint density at radius 2 is 1.77 bits per heavy atom. The average molecular weight is 602 g/mol. The number of carboxylic acids is 1. The third kappa shape index (κ3) is 8.21. The highest BCUT2D eigenvalue weighted by atomic mass is 19.4. The Kier molecular flexibility index (Phi) is 10.0. The van der Waals surface area contributed by atoms with Crippen LogP contribution < -0.4 is 4.74 Å². The third-order valence-corrected chi connectivity index (χ3v) is 9.32. The van der Waals surface area contributed by atoms with E-state index in [9.17, 15) is 23.1 Å². The molecule has 0 radical (unpaired) electrons. The first-order valence-electron chi connectivity index (χ1n) is 15.2. The second-order valence-electron chi connectivity index (χ2n) is 13.6.